The number of ketones is 2. The van der Waals surface area contributed by atoms with Crippen LogP contribution in [0.5, 0.6) is 11.5 Å². The molecule has 198 valence electrons. The molecule has 4 atom stereocenters. The monoisotopic (exact) mass is 628 g/mol. The number of rotatable bonds is 6. The molecule has 0 radical (unpaired) electrons. The van der Waals surface area contributed by atoms with Crippen LogP contribution in [-0.2, 0) is 4.65 Å². The highest BCUT2D eigenvalue weighted by Crippen LogP contribution is 2.50. The van der Waals surface area contributed by atoms with E-state index in [2.05, 4.69) is 22.6 Å². The molecule has 0 saturated carbocycles. The van der Waals surface area contributed by atoms with Gasteiger partial charge in [-0.2, -0.15) is 0 Å². The second-order valence-electron chi connectivity index (χ2n) is 10.3. The van der Waals surface area contributed by atoms with Gasteiger partial charge in [0.05, 0.1) is 23.4 Å². The maximum absolute atomic E-state index is 13.6. The van der Waals surface area contributed by atoms with E-state index in [0.717, 1.165) is 22.3 Å². The van der Waals surface area contributed by atoms with Crippen LogP contribution in [0.25, 0.3) is 6.08 Å². The largest absolute Gasteiger partial charge is 0.504 e. The molecule has 1 heterocycles. The van der Waals surface area contributed by atoms with E-state index >= 15 is 0 Å². The summed E-state index contributed by atoms with van der Waals surface area (Å²) in [6.07, 6.45) is 3.29. The number of aliphatic hydroxyl groups excluding tert-OH is 1. The Morgan fingerprint density at radius 1 is 1.18 bits per heavy atom. The highest BCUT2D eigenvalue weighted by atomic mass is 127. The minimum absolute atomic E-state index is 0.0644. The second kappa shape index (κ2) is 11.0. The molecule has 2 aromatic carbocycles. The first-order valence-electron chi connectivity index (χ1n) is 12.8. The summed E-state index contributed by atoms with van der Waals surface area (Å²) >= 11 is 2.06. The average Bonchev–Trinajstić information content (AvgIpc) is 2.91. The molecule has 38 heavy (non-hydrogen) atoms. The van der Waals surface area contributed by atoms with Gasteiger partial charge in [-0.15, -0.1) is 0 Å². The van der Waals surface area contributed by atoms with Gasteiger partial charge in [0.1, 0.15) is 0 Å². The molecular formula is C29H30BIO7. The summed E-state index contributed by atoms with van der Waals surface area (Å²) in [4.78, 5) is 27.0. The molecule has 0 amide bonds. The highest BCUT2D eigenvalue weighted by Gasteiger charge is 2.53. The number of halogens is 1. The van der Waals surface area contributed by atoms with Crippen molar-refractivity contribution in [3.05, 3.63) is 73.4 Å². The molecule has 1 fully saturated rings. The predicted molar refractivity (Wildman–Crippen MR) is 152 cm³/mol. The molecule has 0 spiro atoms. The van der Waals surface area contributed by atoms with Crippen molar-refractivity contribution in [1.82, 2.24) is 0 Å². The summed E-state index contributed by atoms with van der Waals surface area (Å²) in [5.41, 5.74) is 4.46. The Hall–Kier alpha value is -2.47. The number of ether oxygens (including phenoxy) is 1. The minimum atomic E-state index is -1.06. The summed E-state index contributed by atoms with van der Waals surface area (Å²) in [7, 11) is 0.456. The Kier molecular flexibility index (Phi) is 7.82. The van der Waals surface area contributed by atoms with Gasteiger partial charge in [0.25, 0.3) is 0 Å². The van der Waals surface area contributed by atoms with Crippen molar-refractivity contribution < 1.29 is 34.2 Å². The summed E-state index contributed by atoms with van der Waals surface area (Å²) < 4.78 is 11.9. The van der Waals surface area contributed by atoms with E-state index in [1.807, 2.05) is 19.1 Å². The third-order valence-corrected chi connectivity index (χ3v) is 8.86. The van der Waals surface area contributed by atoms with Crippen LogP contribution in [0, 0.1) is 21.3 Å². The molecule has 0 bridgehead atoms. The normalized spacial score (nSPS) is 25.2. The van der Waals surface area contributed by atoms with Crippen LogP contribution in [0.2, 0.25) is 6.32 Å². The number of aliphatic hydroxyl groups is 1. The fourth-order valence-electron chi connectivity index (χ4n) is 6.36. The van der Waals surface area contributed by atoms with Gasteiger partial charge in [-0.3, -0.25) is 9.59 Å². The Balaban J connectivity index is 1.42. The van der Waals surface area contributed by atoms with Crippen molar-refractivity contribution in [3.63, 3.8) is 0 Å². The number of allylic oxidation sites excluding steroid dienone is 1. The molecule has 7 nitrogen and oxygen atoms in total. The molecule has 5 rings (SSSR count). The first-order valence-corrected chi connectivity index (χ1v) is 13.9. The smallest absolute Gasteiger partial charge is 0.455 e. The molecule has 2 aromatic rings. The minimum Gasteiger partial charge on any atom is -0.504 e. The fourth-order valence-corrected chi connectivity index (χ4v) is 6.99. The van der Waals surface area contributed by atoms with Crippen LogP contribution in [0.3, 0.4) is 0 Å². The lowest BCUT2D eigenvalue weighted by Crippen LogP contribution is -2.51. The summed E-state index contributed by atoms with van der Waals surface area (Å²) in [6.45, 7) is 1.79. The Morgan fingerprint density at radius 3 is 2.58 bits per heavy atom. The molecule has 2 aliphatic carbocycles. The van der Waals surface area contributed by atoms with E-state index in [4.69, 9.17) is 9.39 Å². The number of phenolic OH excluding ortho intramolecular Hbond substituents is 1. The number of methoxy groups -OCH3 is 1. The number of fused-ring (bicyclic) bond motifs is 4. The SMILES string of the molecule is COc1cc(/C=C(\C)CC[C@H]2OB(O)C[C@H]3C2=C(CO)C[C@H]2C(=O)c4ccccc4C(=O)[C@H]23)cc(I)c1O. The average molecular weight is 628 g/mol. The molecule has 0 unspecified atom stereocenters. The predicted octanol–water partition coefficient (Wildman–Crippen LogP) is 4.69. The molecule has 1 aliphatic heterocycles. The number of hydrogen-bond donors (Lipinski definition) is 3. The maximum atomic E-state index is 13.6. The van der Waals surface area contributed by atoms with E-state index in [-0.39, 0.29) is 36.2 Å². The van der Waals surface area contributed by atoms with Crippen molar-refractivity contribution in [2.24, 2.45) is 17.8 Å². The Bertz CT molecular complexity index is 1350. The third kappa shape index (κ3) is 4.85. The van der Waals surface area contributed by atoms with Crippen LogP contribution < -0.4 is 4.74 Å². The number of carbonyl (C=O) groups excluding carboxylic acids is 2. The quantitative estimate of drug-likeness (QED) is 0.242. The number of aromatic hydroxyl groups is 1. The Morgan fingerprint density at radius 2 is 1.89 bits per heavy atom. The zero-order chi connectivity index (χ0) is 27.1. The molecular weight excluding hydrogens is 598 g/mol. The van der Waals surface area contributed by atoms with Gasteiger partial charge in [0.2, 0.25) is 0 Å². The van der Waals surface area contributed by atoms with Crippen molar-refractivity contribution in [2.45, 2.75) is 38.6 Å². The van der Waals surface area contributed by atoms with E-state index < -0.39 is 25.1 Å². The standard InChI is InChI=1S/C29H30BIO7/c1-15(9-16-10-22(31)29(35)24(11-16)37-2)7-8-23-25-17(14-32)12-20-26(21(25)13-30(36)38-23)28(34)19-6-4-3-5-18(19)27(20)33/h3-6,9-11,20-21,23,26,32,35-36H,7-8,12-14H2,1-2H3/b15-9+/t20-,21+,23-,26-/m1/s1. The first-order chi connectivity index (χ1) is 18.2. The molecule has 9 heteroatoms. The van der Waals surface area contributed by atoms with E-state index in [1.54, 1.807) is 30.3 Å². The lowest BCUT2D eigenvalue weighted by atomic mass is 9.54. The van der Waals surface area contributed by atoms with Gasteiger partial charge < -0.3 is 24.6 Å². The van der Waals surface area contributed by atoms with Crippen LogP contribution in [0.1, 0.15) is 52.5 Å². The number of Topliss-reactive ketones (excluding diaryl/α,β-unsaturated/α-hetero) is 2. The molecule has 0 aromatic heterocycles. The number of carbonyl (C=O) groups is 2. The van der Waals surface area contributed by atoms with Crippen LogP contribution in [0.4, 0.5) is 0 Å². The van der Waals surface area contributed by atoms with E-state index in [1.165, 1.54) is 7.11 Å². The highest BCUT2D eigenvalue weighted by molar-refractivity contribution is 14.1. The first kappa shape index (κ1) is 27.1. The van der Waals surface area contributed by atoms with Gasteiger partial charge >= 0.3 is 7.12 Å². The van der Waals surface area contributed by atoms with Gasteiger partial charge in [0, 0.05) is 23.0 Å². The van der Waals surface area contributed by atoms with Crippen molar-refractivity contribution in [3.8, 4) is 11.5 Å². The molecule has 3 aliphatic rings. The maximum Gasteiger partial charge on any atom is 0.455 e. The van der Waals surface area contributed by atoms with Crippen LogP contribution in [0.15, 0.2) is 53.1 Å². The lowest BCUT2D eigenvalue weighted by Gasteiger charge is -2.47. The van der Waals surface area contributed by atoms with E-state index in [9.17, 15) is 24.8 Å². The van der Waals surface area contributed by atoms with Crippen LogP contribution in [-0.4, -0.2) is 53.7 Å². The zero-order valence-electron chi connectivity index (χ0n) is 21.3. The number of phenols is 1. The fraction of sp³-hybridized carbons (Fsp3) is 0.379. The topological polar surface area (TPSA) is 113 Å². The second-order valence-corrected chi connectivity index (χ2v) is 11.5. The van der Waals surface area contributed by atoms with E-state index in [0.29, 0.717) is 39.7 Å². The number of benzene rings is 2. The molecule has 3 N–H and O–H groups in total. The molecule has 1 saturated heterocycles. The number of hydrogen-bond acceptors (Lipinski definition) is 7. The van der Waals surface area contributed by atoms with Gasteiger partial charge in [-0.25, -0.2) is 0 Å². The van der Waals surface area contributed by atoms with Crippen molar-refractivity contribution in [1.29, 1.82) is 0 Å². The third-order valence-electron chi connectivity index (χ3n) is 8.04. The van der Waals surface area contributed by atoms with Gasteiger partial charge in [-0.05, 0) is 89.9 Å². The lowest BCUT2D eigenvalue weighted by molar-refractivity contribution is 0.0590. The van der Waals surface area contributed by atoms with Crippen LogP contribution >= 0.6 is 22.6 Å². The Labute approximate surface area is 235 Å². The van der Waals surface area contributed by atoms with Crippen molar-refractivity contribution in [2.75, 3.05) is 13.7 Å². The zero-order valence-corrected chi connectivity index (χ0v) is 23.5. The van der Waals surface area contributed by atoms with Gasteiger partial charge in [-0.1, -0.05) is 35.9 Å². The van der Waals surface area contributed by atoms with Crippen molar-refractivity contribution >= 4 is 47.4 Å². The van der Waals surface area contributed by atoms with Gasteiger partial charge in [0.15, 0.2) is 23.1 Å². The summed E-state index contributed by atoms with van der Waals surface area (Å²) in [5.74, 6) is -1.08. The summed E-state index contributed by atoms with van der Waals surface area (Å²) in [5, 5.41) is 31.1. The summed E-state index contributed by atoms with van der Waals surface area (Å²) in [6, 6.07) is 10.6.